The van der Waals surface area contributed by atoms with Gasteiger partial charge in [0.2, 0.25) is 0 Å². The molecule has 4 heteroatoms. The minimum Gasteiger partial charge on any atom is -0.298 e. The monoisotopic (exact) mass is 266 g/mol. The van der Waals surface area contributed by atoms with Gasteiger partial charge in [0.05, 0.1) is 10.6 Å². The lowest BCUT2D eigenvalue weighted by molar-refractivity contribution is 0.112. The van der Waals surface area contributed by atoms with Gasteiger partial charge in [-0.15, -0.1) is 0 Å². The van der Waals surface area contributed by atoms with Gasteiger partial charge in [0.1, 0.15) is 11.6 Å². The van der Waals surface area contributed by atoms with Crippen molar-refractivity contribution in [2.24, 2.45) is 0 Å². The molecule has 0 atom stereocenters. The zero-order chi connectivity index (χ0) is 13.3. The van der Waals surface area contributed by atoms with Crippen LogP contribution in [0.3, 0.4) is 0 Å². The first kappa shape index (κ1) is 12.7. The summed E-state index contributed by atoms with van der Waals surface area (Å²) in [7, 11) is 0. The topological polar surface area (TPSA) is 17.1 Å². The fourth-order valence-corrected chi connectivity index (χ4v) is 1.94. The molecule has 0 heterocycles. The van der Waals surface area contributed by atoms with E-state index in [2.05, 4.69) is 0 Å². The lowest BCUT2D eigenvalue weighted by atomic mass is 10.0. The summed E-state index contributed by atoms with van der Waals surface area (Å²) in [5, 5.41) is 0.224. The highest BCUT2D eigenvalue weighted by Gasteiger charge is 2.10. The van der Waals surface area contributed by atoms with Crippen molar-refractivity contribution in [1.29, 1.82) is 0 Å². The summed E-state index contributed by atoms with van der Waals surface area (Å²) in [5.41, 5.74) is 1.53. The highest BCUT2D eigenvalue weighted by atomic mass is 35.5. The van der Waals surface area contributed by atoms with Gasteiger partial charge in [-0.25, -0.2) is 8.78 Å². The van der Waals surface area contributed by atoms with Crippen LogP contribution >= 0.6 is 11.6 Å². The van der Waals surface area contributed by atoms with Crippen LogP contribution in [-0.2, 0) is 0 Å². The SMILES string of the molecule is Cc1cc(-c2ccc(F)c(C=O)c2)c(Cl)cc1F. The number of aldehydes is 1. The van der Waals surface area contributed by atoms with Crippen molar-refractivity contribution in [3.8, 4) is 11.1 Å². The van der Waals surface area contributed by atoms with Crippen molar-refractivity contribution in [1.82, 2.24) is 0 Å². The smallest absolute Gasteiger partial charge is 0.153 e. The summed E-state index contributed by atoms with van der Waals surface area (Å²) in [5.74, 6) is -0.995. The molecule has 92 valence electrons. The van der Waals surface area contributed by atoms with Gasteiger partial charge in [-0.3, -0.25) is 4.79 Å². The Bertz CT molecular complexity index is 623. The van der Waals surface area contributed by atoms with Gasteiger partial charge in [0, 0.05) is 5.56 Å². The molecular weight excluding hydrogens is 258 g/mol. The van der Waals surface area contributed by atoms with Crippen molar-refractivity contribution >= 4 is 17.9 Å². The Morgan fingerprint density at radius 1 is 1.11 bits per heavy atom. The number of hydrogen-bond donors (Lipinski definition) is 0. The van der Waals surface area contributed by atoms with Crippen LogP contribution in [0.15, 0.2) is 30.3 Å². The van der Waals surface area contributed by atoms with E-state index in [-0.39, 0.29) is 10.6 Å². The first-order chi connectivity index (χ1) is 8.52. The maximum absolute atomic E-state index is 13.3. The Labute approximate surface area is 108 Å². The third-order valence-electron chi connectivity index (χ3n) is 2.68. The molecule has 18 heavy (non-hydrogen) atoms. The highest BCUT2D eigenvalue weighted by molar-refractivity contribution is 6.33. The van der Waals surface area contributed by atoms with Crippen LogP contribution < -0.4 is 0 Å². The average molecular weight is 267 g/mol. The molecule has 0 N–H and O–H groups in total. The van der Waals surface area contributed by atoms with E-state index in [0.29, 0.717) is 23.0 Å². The molecule has 0 saturated carbocycles. The number of benzene rings is 2. The Hall–Kier alpha value is -1.74. The molecule has 0 spiro atoms. The second-order valence-corrected chi connectivity index (χ2v) is 4.34. The molecule has 0 unspecified atom stereocenters. The Morgan fingerprint density at radius 2 is 1.83 bits per heavy atom. The zero-order valence-electron chi connectivity index (χ0n) is 9.51. The van der Waals surface area contributed by atoms with E-state index in [1.807, 2.05) is 0 Å². The summed E-state index contributed by atoms with van der Waals surface area (Å²) in [4.78, 5) is 10.7. The second-order valence-electron chi connectivity index (χ2n) is 3.94. The Balaban J connectivity index is 2.62. The maximum Gasteiger partial charge on any atom is 0.153 e. The molecule has 0 aromatic heterocycles. The third kappa shape index (κ3) is 2.27. The third-order valence-corrected chi connectivity index (χ3v) is 2.99. The number of carbonyl (C=O) groups excluding carboxylic acids is 1. The minimum absolute atomic E-state index is 0.0504. The van der Waals surface area contributed by atoms with Crippen molar-refractivity contribution in [3.05, 3.63) is 58.1 Å². The van der Waals surface area contributed by atoms with Gasteiger partial charge in [0.25, 0.3) is 0 Å². The van der Waals surface area contributed by atoms with Crippen molar-refractivity contribution < 1.29 is 13.6 Å². The minimum atomic E-state index is -0.594. The summed E-state index contributed by atoms with van der Waals surface area (Å²) in [6, 6.07) is 6.85. The van der Waals surface area contributed by atoms with Gasteiger partial charge in [-0.1, -0.05) is 17.7 Å². The lowest BCUT2D eigenvalue weighted by Crippen LogP contribution is -1.91. The molecule has 0 fully saturated rings. The molecule has 0 saturated heterocycles. The van der Waals surface area contributed by atoms with Crippen LogP contribution in [0.4, 0.5) is 8.78 Å². The molecule has 1 nitrogen and oxygen atoms in total. The molecule has 0 amide bonds. The summed E-state index contributed by atoms with van der Waals surface area (Å²) in [6.45, 7) is 1.61. The fraction of sp³-hybridized carbons (Fsp3) is 0.0714. The van der Waals surface area contributed by atoms with E-state index in [9.17, 15) is 13.6 Å². The summed E-state index contributed by atoms with van der Waals surface area (Å²) < 4.78 is 26.5. The van der Waals surface area contributed by atoms with Crippen LogP contribution in [0.5, 0.6) is 0 Å². The summed E-state index contributed by atoms with van der Waals surface area (Å²) in [6.07, 6.45) is 0.434. The lowest BCUT2D eigenvalue weighted by Gasteiger charge is -2.08. The van der Waals surface area contributed by atoms with E-state index in [4.69, 9.17) is 11.6 Å². The average Bonchev–Trinajstić information content (AvgIpc) is 2.35. The van der Waals surface area contributed by atoms with Gasteiger partial charge < -0.3 is 0 Å². The largest absolute Gasteiger partial charge is 0.298 e. The van der Waals surface area contributed by atoms with Gasteiger partial charge in [-0.2, -0.15) is 0 Å². The fourth-order valence-electron chi connectivity index (χ4n) is 1.68. The van der Waals surface area contributed by atoms with Gasteiger partial charge in [-0.05, 0) is 42.3 Å². The van der Waals surface area contributed by atoms with Gasteiger partial charge >= 0.3 is 0 Å². The molecule has 0 radical (unpaired) electrons. The van der Waals surface area contributed by atoms with Crippen LogP contribution in [0.25, 0.3) is 11.1 Å². The molecule has 0 aliphatic heterocycles. The molecular formula is C14H9ClF2O. The number of rotatable bonds is 2. The van der Waals surface area contributed by atoms with Crippen LogP contribution in [0, 0.1) is 18.6 Å². The van der Waals surface area contributed by atoms with E-state index >= 15 is 0 Å². The van der Waals surface area contributed by atoms with Crippen LogP contribution in [0.1, 0.15) is 15.9 Å². The number of halogens is 3. The second kappa shape index (κ2) is 4.86. The normalized spacial score (nSPS) is 10.4. The Morgan fingerprint density at radius 3 is 2.50 bits per heavy atom. The predicted molar refractivity (Wildman–Crippen MR) is 66.9 cm³/mol. The van der Waals surface area contributed by atoms with E-state index in [1.54, 1.807) is 13.0 Å². The quantitative estimate of drug-likeness (QED) is 0.736. The zero-order valence-corrected chi connectivity index (χ0v) is 10.3. The number of carbonyl (C=O) groups is 1. The number of aryl methyl sites for hydroxylation is 1. The maximum atomic E-state index is 13.3. The summed E-state index contributed by atoms with van der Waals surface area (Å²) >= 11 is 5.95. The standard InChI is InChI=1S/C14H9ClF2O/c1-8-4-11(12(15)6-14(8)17)9-2-3-13(16)10(5-9)7-18/h2-7H,1H3. The van der Waals surface area contributed by atoms with Crippen molar-refractivity contribution in [3.63, 3.8) is 0 Å². The molecule has 2 aromatic rings. The molecule has 2 aromatic carbocycles. The molecule has 0 aliphatic rings. The van der Waals surface area contributed by atoms with Crippen molar-refractivity contribution in [2.75, 3.05) is 0 Å². The van der Waals surface area contributed by atoms with E-state index in [0.717, 1.165) is 0 Å². The molecule has 0 aliphatic carbocycles. The predicted octanol–water partition coefficient (Wildman–Crippen LogP) is 4.41. The van der Waals surface area contributed by atoms with Crippen LogP contribution in [0.2, 0.25) is 5.02 Å². The highest BCUT2D eigenvalue weighted by Crippen LogP contribution is 2.31. The first-order valence-corrected chi connectivity index (χ1v) is 5.61. The molecule has 2 rings (SSSR count). The Kier molecular flexibility index (Phi) is 3.43. The first-order valence-electron chi connectivity index (χ1n) is 5.23. The van der Waals surface area contributed by atoms with E-state index < -0.39 is 11.6 Å². The van der Waals surface area contributed by atoms with E-state index in [1.165, 1.54) is 24.3 Å². The van der Waals surface area contributed by atoms with Crippen molar-refractivity contribution in [2.45, 2.75) is 6.92 Å². The number of hydrogen-bond acceptors (Lipinski definition) is 1. The van der Waals surface area contributed by atoms with Gasteiger partial charge in [0.15, 0.2) is 6.29 Å². The van der Waals surface area contributed by atoms with Crippen LogP contribution in [-0.4, -0.2) is 6.29 Å². The molecule has 0 bridgehead atoms.